The second kappa shape index (κ2) is 3.95. The van der Waals surface area contributed by atoms with Crippen molar-refractivity contribution in [2.75, 3.05) is 7.11 Å². The van der Waals surface area contributed by atoms with Crippen molar-refractivity contribution in [2.24, 2.45) is 0 Å². The van der Waals surface area contributed by atoms with Crippen LogP contribution < -0.4 is 4.74 Å². The van der Waals surface area contributed by atoms with Crippen LogP contribution in [-0.2, 0) is 6.42 Å². The molecule has 0 aliphatic rings. The van der Waals surface area contributed by atoms with E-state index >= 15 is 0 Å². The van der Waals surface area contributed by atoms with Gasteiger partial charge in [0.2, 0.25) is 0 Å². The Hall–Kier alpha value is -1.49. The first-order chi connectivity index (χ1) is 6.24. The maximum atomic E-state index is 13.5. The lowest BCUT2D eigenvalue weighted by Gasteiger charge is -2.08. The first-order valence-corrected chi connectivity index (χ1v) is 4.06. The topological polar surface area (TPSA) is 9.23 Å². The zero-order valence-electron chi connectivity index (χ0n) is 7.73. The molecule has 0 amide bonds. The lowest BCUT2D eigenvalue weighted by Crippen LogP contribution is -1.97. The highest BCUT2D eigenvalue weighted by atomic mass is 19.1. The monoisotopic (exact) mass is 178 g/mol. The van der Waals surface area contributed by atoms with Gasteiger partial charge in [-0.25, -0.2) is 4.39 Å². The zero-order valence-corrected chi connectivity index (χ0v) is 7.73. The Morgan fingerprint density at radius 3 is 2.69 bits per heavy atom. The van der Waals surface area contributed by atoms with Crippen LogP contribution in [0, 0.1) is 18.2 Å². The van der Waals surface area contributed by atoms with Gasteiger partial charge in [-0.05, 0) is 18.6 Å². The van der Waals surface area contributed by atoms with Crippen molar-refractivity contribution in [3.8, 4) is 18.1 Å². The summed E-state index contributed by atoms with van der Waals surface area (Å²) < 4.78 is 18.5. The molecule has 2 heteroatoms. The molecule has 0 bridgehead atoms. The summed E-state index contributed by atoms with van der Waals surface area (Å²) in [5, 5.41) is 0. The van der Waals surface area contributed by atoms with Crippen molar-refractivity contribution >= 4 is 0 Å². The summed E-state index contributed by atoms with van der Waals surface area (Å²) >= 11 is 0. The molecule has 13 heavy (non-hydrogen) atoms. The second-order valence-electron chi connectivity index (χ2n) is 2.61. The van der Waals surface area contributed by atoms with Gasteiger partial charge in [0, 0.05) is 5.56 Å². The first-order valence-electron chi connectivity index (χ1n) is 4.06. The number of benzene rings is 1. The number of hydrogen-bond donors (Lipinski definition) is 0. The van der Waals surface area contributed by atoms with Gasteiger partial charge >= 0.3 is 0 Å². The van der Waals surface area contributed by atoms with E-state index in [2.05, 4.69) is 5.92 Å². The molecule has 1 aromatic carbocycles. The standard InChI is InChI=1S/C11H11FO/c1-4-8-6-7-10(13-3)9(5-2)11(8)12/h1,6-7H,5H2,2-3H3. The number of halogens is 1. The molecule has 0 saturated heterocycles. The van der Waals surface area contributed by atoms with E-state index in [0.717, 1.165) is 0 Å². The molecule has 0 aliphatic heterocycles. The van der Waals surface area contributed by atoms with Gasteiger partial charge in [-0.1, -0.05) is 12.8 Å². The average molecular weight is 178 g/mol. The van der Waals surface area contributed by atoms with Gasteiger partial charge in [-0.15, -0.1) is 6.42 Å². The minimum absolute atomic E-state index is 0.289. The van der Waals surface area contributed by atoms with Crippen LogP contribution in [0.4, 0.5) is 4.39 Å². The highest BCUT2D eigenvalue weighted by molar-refractivity contribution is 5.44. The summed E-state index contributed by atoms with van der Waals surface area (Å²) in [4.78, 5) is 0. The highest BCUT2D eigenvalue weighted by Gasteiger charge is 2.10. The molecule has 0 unspecified atom stereocenters. The number of ether oxygens (including phenoxy) is 1. The van der Waals surface area contributed by atoms with E-state index in [0.29, 0.717) is 17.7 Å². The lowest BCUT2D eigenvalue weighted by molar-refractivity contribution is 0.405. The molecule has 1 aromatic rings. The molecule has 0 radical (unpaired) electrons. The number of rotatable bonds is 2. The summed E-state index contributed by atoms with van der Waals surface area (Å²) in [6, 6.07) is 3.24. The quantitative estimate of drug-likeness (QED) is 0.632. The molecule has 0 spiro atoms. The number of methoxy groups -OCH3 is 1. The Morgan fingerprint density at radius 2 is 2.23 bits per heavy atom. The third-order valence-corrected chi connectivity index (χ3v) is 1.93. The maximum Gasteiger partial charge on any atom is 0.145 e. The van der Waals surface area contributed by atoms with Crippen LogP contribution in [0.1, 0.15) is 18.1 Å². The van der Waals surface area contributed by atoms with E-state index < -0.39 is 0 Å². The highest BCUT2D eigenvalue weighted by Crippen LogP contribution is 2.24. The molecule has 0 aliphatic carbocycles. The third kappa shape index (κ3) is 1.65. The Labute approximate surface area is 77.5 Å². The molecule has 0 N–H and O–H groups in total. The van der Waals surface area contributed by atoms with Crippen molar-refractivity contribution in [2.45, 2.75) is 13.3 Å². The molecule has 68 valence electrons. The number of hydrogen-bond acceptors (Lipinski definition) is 1. The molecule has 0 saturated carbocycles. The van der Waals surface area contributed by atoms with Crippen molar-refractivity contribution in [3.05, 3.63) is 29.1 Å². The molecule has 1 nitrogen and oxygen atoms in total. The van der Waals surface area contributed by atoms with E-state index in [-0.39, 0.29) is 11.4 Å². The fourth-order valence-electron chi connectivity index (χ4n) is 1.24. The van der Waals surface area contributed by atoms with Crippen LogP contribution in [0.5, 0.6) is 5.75 Å². The first kappa shape index (κ1) is 9.60. The Kier molecular flexibility index (Phi) is 2.92. The smallest absolute Gasteiger partial charge is 0.145 e. The predicted octanol–water partition coefficient (Wildman–Crippen LogP) is 2.38. The van der Waals surface area contributed by atoms with E-state index in [1.54, 1.807) is 12.1 Å². The van der Waals surface area contributed by atoms with E-state index in [1.807, 2.05) is 6.92 Å². The van der Waals surface area contributed by atoms with Gasteiger partial charge in [-0.2, -0.15) is 0 Å². The minimum atomic E-state index is -0.343. The lowest BCUT2D eigenvalue weighted by atomic mass is 10.1. The minimum Gasteiger partial charge on any atom is -0.496 e. The van der Waals surface area contributed by atoms with Gasteiger partial charge in [0.25, 0.3) is 0 Å². The van der Waals surface area contributed by atoms with Gasteiger partial charge < -0.3 is 4.74 Å². The Bertz CT molecular complexity index is 350. The van der Waals surface area contributed by atoms with Gasteiger partial charge in [-0.3, -0.25) is 0 Å². The van der Waals surface area contributed by atoms with Crippen molar-refractivity contribution in [3.63, 3.8) is 0 Å². The van der Waals surface area contributed by atoms with Crippen LogP contribution in [0.3, 0.4) is 0 Å². The fourth-order valence-corrected chi connectivity index (χ4v) is 1.24. The Balaban J connectivity index is 3.34. The largest absolute Gasteiger partial charge is 0.496 e. The van der Waals surface area contributed by atoms with Crippen LogP contribution in [0.25, 0.3) is 0 Å². The van der Waals surface area contributed by atoms with Crippen molar-refractivity contribution in [1.29, 1.82) is 0 Å². The number of terminal acetylenes is 1. The fraction of sp³-hybridized carbons (Fsp3) is 0.273. The van der Waals surface area contributed by atoms with Crippen LogP contribution in [0.15, 0.2) is 12.1 Å². The maximum absolute atomic E-state index is 13.5. The molecule has 1 rings (SSSR count). The summed E-state index contributed by atoms with van der Waals surface area (Å²) in [6.07, 6.45) is 5.71. The normalized spacial score (nSPS) is 9.38. The summed E-state index contributed by atoms with van der Waals surface area (Å²) in [5.41, 5.74) is 0.829. The third-order valence-electron chi connectivity index (χ3n) is 1.93. The molecule has 0 aromatic heterocycles. The summed E-state index contributed by atoms with van der Waals surface area (Å²) in [6.45, 7) is 1.86. The van der Waals surface area contributed by atoms with Crippen molar-refractivity contribution in [1.82, 2.24) is 0 Å². The van der Waals surface area contributed by atoms with Gasteiger partial charge in [0.05, 0.1) is 12.7 Å². The summed E-state index contributed by atoms with van der Waals surface area (Å²) in [5.74, 6) is 2.50. The van der Waals surface area contributed by atoms with Crippen LogP contribution >= 0.6 is 0 Å². The van der Waals surface area contributed by atoms with Crippen LogP contribution in [0.2, 0.25) is 0 Å². The Morgan fingerprint density at radius 1 is 1.54 bits per heavy atom. The molecular formula is C11H11FO. The molecule has 0 atom stereocenters. The average Bonchev–Trinajstić information content (AvgIpc) is 2.17. The van der Waals surface area contributed by atoms with E-state index in [4.69, 9.17) is 11.2 Å². The second-order valence-corrected chi connectivity index (χ2v) is 2.61. The molecule has 0 fully saturated rings. The zero-order chi connectivity index (χ0) is 9.84. The van der Waals surface area contributed by atoms with E-state index in [9.17, 15) is 4.39 Å². The molecular weight excluding hydrogens is 167 g/mol. The SMILES string of the molecule is C#Cc1ccc(OC)c(CC)c1F. The van der Waals surface area contributed by atoms with E-state index in [1.165, 1.54) is 7.11 Å². The molecule has 0 heterocycles. The predicted molar refractivity (Wildman–Crippen MR) is 50.3 cm³/mol. The van der Waals surface area contributed by atoms with Crippen LogP contribution in [-0.4, -0.2) is 7.11 Å². The van der Waals surface area contributed by atoms with Gasteiger partial charge in [0.1, 0.15) is 11.6 Å². The summed E-state index contributed by atoms with van der Waals surface area (Å²) in [7, 11) is 1.52. The van der Waals surface area contributed by atoms with Gasteiger partial charge in [0.15, 0.2) is 0 Å². The van der Waals surface area contributed by atoms with Crippen molar-refractivity contribution < 1.29 is 9.13 Å².